The summed E-state index contributed by atoms with van der Waals surface area (Å²) in [5.74, 6) is 0.0585. The molecule has 0 radical (unpaired) electrons. The van der Waals surface area contributed by atoms with E-state index < -0.39 is 5.60 Å². The fraction of sp³-hybridized carbons (Fsp3) is 0.462. The molecule has 0 spiro atoms. The average Bonchev–Trinajstić information content (AvgIpc) is 2.85. The fourth-order valence-corrected chi connectivity index (χ4v) is 3.10. The number of hydrogen-bond acceptors (Lipinski definition) is 4. The number of thioether (sulfide) groups is 1. The Hall–Kier alpha value is -0.460. The van der Waals surface area contributed by atoms with Gasteiger partial charge in [0.1, 0.15) is 5.60 Å². The molecule has 0 bridgehead atoms. The zero-order chi connectivity index (χ0) is 14.6. The fourth-order valence-electron chi connectivity index (χ4n) is 1.78. The third-order valence-electron chi connectivity index (χ3n) is 2.95. The van der Waals surface area contributed by atoms with Gasteiger partial charge in [-0.2, -0.15) is 0 Å². The summed E-state index contributed by atoms with van der Waals surface area (Å²) in [6.45, 7) is 0.995. The second kappa shape index (κ2) is 7.00. The summed E-state index contributed by atoms with van der Waals surface area (Å²) in [4.78, 5) is 12.5. The van der Waals surface area contributed by atoms with Crippen molar-refractivity contribution in [3.05, 3.63) is 28.2 Å². The lowest BCUT2D eigenvalue weighted by Crippen LogP contribution is -2.43. The molecule has 2 rings (SSSR count). The quantitative estimate of drug-likeness (QED) is 0.811. The van der Waals surface area contributed by atoms with Gasteiger partial charge in [0.25, 0.3) is 0 Å². The first-order chi connectivity index (χ1) is 9.48. The third kappa shape index (κ3) is 4.53. The van der Waals surface area contributed by atoms with Crippen LogP contribution >= 0.6 is 35.0 Å². The van der Waals surface area contributed by atoms with Gasteiger partial charge in [0.15, 0.2) is 0 Å². The lowest BCUT2D eigenvalue weighted by molar-refractivity contribution is -0.119. The molecule has 1 unspecified atom stereocenters. The van der Waals surface area contributed by atoms with Crippen molar-refractivity contribution in [1.82, 2.24) is 5.32 Å². The summed E-state index contributed by atoms with van der Waals surface area (Å²) < 4.78 is 5.11. The van der Waals surface area contributed by atoms with Crippen LogP contribution in [0.3, 0.4) is 0 Å². The van der Waals surface area contributed by atoms with Crippen molar-refractivity contribution < 1.29 is 14.6 Å². The van der Waals surface area contributed by atoms with Crippen LogP contribution in [-0.2, 0) is 9.53 Å². The maximum absolute atomic E-state index is 11.8. The molecule has 0 saturated carbocycles. The molecule has 1 fully saturated rings. The first kappa shape index (κ1) is 15.9. The van der Waals surface area contributed by atoms with E-state index >= 15 is 0 Å². The Labute approximate surface area is 131 Å². The normalized spacial score (nSPS) is 21.9. The number of aliphatic hydroxyl groups is 1. The monoisotopic (exact) mass is 335 g/mol. The smallest absolute Gasteiger partial charge is 0.230 e. The second-order valence-electron chi connectivity index (χ2n) is 4.67. The number of amides is 1. The molecule has 1 saturated heterocycles. The largest absolute Gasteiger partial charge is 0.386 e. The molecular weight excluding hydrogens is 321 g/mol. The van der Waals surface area contributed by atoms with Crippen molar-refractivity contribution in [2.24, 2.45) is 0 Å². The first-order valence-electron chi connectivity index (χ1n) is 6.13. The minimum atomic E-state index is -0.936. The van der Waals surface area contributed by atoms with E-state index in [2.05, 4.69) is 5.32 Å². The van der Waals surface area contributed by atoms with Crippen LogP contribution in [-0.4, -0.2) is 42.1 Å². The van der Waals surface area contributed by atoms with Crippen LogP contribution in [0.1, 0.15) is 6.42 Å². The van der Waals surface area contributed by atoms with Gasteiger partial charge in [-0.05, 0) is 18.2 Å². The number of rotatable bonds is 5. The Balaban J connectivity index is 1.79. The standard InChI is InChI=1S/C13H15Cl2NO3S/c14-9-1-2-10(15)11(5-9)20-6-12(17)16-7-13(18)3-4-19-8-13/h1-2,5,18H,3-4,6-8H2,(H,16,17). The minimum Gasteiger partial charge on any atom is -0.386 e. The summed E-state index contributed by atoms with van der Waals surface area (Å²) in [6, 6.07) is 5.12. The van der Waals surface area contributed by atoms with E-state index in [0.717, 1.165) is 4.90 Å². The maximum atomic E-state index is 11.8. The van der Waals surface area contributed by atoms with E-state index in [1.165, 1.54) is 11.8 Å². The molecule has 110 valence electrons. The molecular formula is C13H15Cl2NO3S. The molecule has 7 heteroatoms. The SMILES string of the molecule is O=C(CSc1cc(Cl)ccc1Cl)NCC1(O)CCOC1. The highest BCUT2D eigenvalue weighted by molar-refractivity contribution is 8.00. The highest BCUT2D eigenvalue weighted by Gasteiger charge is 2.32. The molecule has 1 aromatic rings. The molecule has 1 aromatic carbocycles. The predicted molar refractivity (Wildman–Crippen MR) is 80.6 cm³/mol. The van der Waals surface area contributed by atoms with Crippen LogP contribution in [0.4, 0.5) is 0 Å². The lowest BCUT2D eigenvalue weighted by Gasteiger charge is -2.20. The highest BCUT2D eigenvalue weighted by Crippen LogP contribution is 2.29. The van der Waals surface area contributed by atoms with Crippen molar-refractivity contribution in [2.75, 3.05) is 25.5 Å². The van der Waals surface area contributed by atoms with Gasteiger partial charge >= 0.3 is 0 Å². The van der Waals surface area contributed by atoms with Gasteiger partial charge in [0, 0.05) is 29.5 Å². The predicted octanol–water partition coefficient (Wildman–Crippen LogP) is 2.35. The van der Waals surface area contributed by atoms with Crippen molar-refractivity contribution in [1.29, 1.82) is 0 Å². The van der Waals surface area contributed by atoms with Crippen LogP contribution < -0.4 is 5.32 Å². The topological polar surface area (TPSA) is 58.6 Å². The molecule has 0 aromatic heterocycles. The van der Waals surface area contributed by atoms with Gasteiger partial charge in [-0.15, -0.1) is 11.8 Å². The number of carbonyl (C=O) groups is 1. The molecule has 1 atom stereocenters. The Morgan fingerprint density at radius 3 is 3.00 bits per heavy atom. The lowest BCUT2D eigenvalue weighted by atomic mass is 10.0. The van der Waals surface area contributed by atoms with Gasteiger partial charge in [-0.3, -0.25) is 4.79 Å². The number of halogens is 2. The number of benzene rings is 1. The van der Waals surface area contributed by atoms with Crippen LogP contribution in [0.5, 0.6) is 0 Å². The van der Waals surface area contributed by atoms with E-state index in [1.807, 2.05) is 0 Å². The van der Waals surface area contributed by atoms with E-state index in [1.54, 1.807) is 18.2 Å². The van der Waals surface area contributed by atoms with Crippen LogP contribution in [0.25, 0.3) is 0 Å². The molecule has 1 aliphatic rings. The molecule has 20 heavy (non-hydrogen) atoms. The minimum absolute atomic E-state index is 0.161. The molecule has 0 aliphatic carbocycles. The number of hydrogen-bond donors (Lipinski definition) is 2. The van der Waals surface area contributed by atoms with E-state index in [0.29, 0.717) is 23.1 Å². The summed E-state index contributed by atoms with van der Waals surface area (Å²) in [5, 5.41) is 13.9. The Kier molecular flexibility index (Phi) is 5.57. The Bertz CT molecular complexity index is 493. The van der Waals surface area contributed by atoms with Crippen LogP contribution in [0.2, 0.25) is 10.0 Å². The van der Waals surface area contributed by atoms with Crippen molar-refractivity contribution in [3.8, 4) is 0 Å². The van der Waals surface area contributed by atoms with Crippen molar-refractivity contribution >= 4 is 40.9 Å². The van der Waals surface area contributed by atoms with Gasteiger partial charge in [0.2, 0.25) is 5.91 Å². The molecule has 1 aliphatic heterocycles. The van der Waals surface area contributed by atoms with Gasteiger partial charge in [-0.1, -0.05) is 23.2 Å². The molecule has 1 amide bonds. The Morgan fingerprint density at radius 1 is 1.50 bits per heavy atom. The Morgan fingerprint density at radius 2 is 2.30 bits per heavy atom. The number of nitrogens with one attached hydrogen (secondary N) is 1. The van der Waals surface area contributed by atoms with Crippen molar-refractivity contribution in [2.45, 2.75) is 16.9 Å². The first-order valence-corrected chi connectivity index (χ1v) is 7.87. The summed E-state index contributed by atoms with van der Waals surface area (Å²) in [6.07, 6.45) is 0.542. The second-order valence-corrected chi connectivity index (χ2v) is 6.53. The van der Waals surface area contributed by atoms with Gasteiger partial charge in [-0.25, -0.2) is 0 Å². The zero-order valence-electron chi connectivity index (χ0n) is 10.7. The van der Waals surface area contributed by atoms with Crippen LogP contribution in [0.15, 0.2) is 23.1 Å². The van der Waals surface area contributed by atoms with E-state index in [-0.39, 0.29) is 24.8 Å². The maximum Gasteiger partial charge on any atom is 0.230 e. The van der Waals surface area contributed by atoms with E-state index in [9.17, 15) is 9.90 Å². The number of carbonyl (C=O) groups excluding carboxylic acids is 1. The van der Waals surface area contributed by atoms with Gasteiger partial charge < -0.3 is 15.2 Å². The van der Waals surface area contributed by atoms with Crippen molar-refractivity contribution in [3.63, 3.8) is 0 Å². The zero-order valence-corrected chi connectivity index (χ0v) is 13.0. The molecule has 1 heterocycles. The molecule has 4 nitrogen and oxygen atoms in total. The summed E-state index contributed by atoms with van der Waals surface area (Å²) in [5.41, 5.74) is -0.936. The molecule has 2 N–H and O–H groups in total. The highest BCUT2D eigenvalue weighted by atomic mass is 35.5. The summed E-state index contributed by atoms with van der Waals surface area (Å²) >= 11 is 13.2. The van der Waals surface area contributed by atoms with E-state index in [4.69, 9.17) is 27.9 Å². The number of ether oxygens (including phenoxy) is 1. The third-order valence-corrected chi connectivity index (χ3v) is 4.68. The average molecular weight is 336 g/mol. The summed E-state index contributed by atoms with van der Waals surface area (Å²) in [7, 11) is 0. The van der Waals surface area contributed by atoms with Crippen LogP contribution in [0, 0.1) is 0 Å². The van der Waals surface area contributed by atoms with Gasteiger partial charge in [0.05, 0.1) is 17.4 Å².